The van der Waals surface area contributed by atoms with E-state index in [1.807, 2.05) is 51.1 Å². The Kier molecular flexibility index (Phi) is 6.14. The molecule has 3 rings (SSSR count). The second-order valence-corrected chi connectivity index (χ2v) is 7.78. The molecule has 28 heavy (non-hydrogen) atoms. The van der Waals surface area contributed by atoms with Gasteiger partial charge in [-0.2, -0.15) is 0 Å². The number of ether oxygens (including phenoxy) is 3. The standard InChI is InChI=1S/C21H27N3O4/c1-21(2,3)28-20(25)23-15-9-11-16(27-13-15)10-8-14-6-5-7-17-19(14)24-18(26-4)12-22-17/h5-8,10,12,15-16H,9,11,13H2,1-4H3,(H,23,25)/t15-,16-/m0/s1. The van der Waals surface area contributed by atoms with Gasteiger partial charge in [0.1, 0.15) is 5.60 Å². The molecular weight excluding hydrogens is 358 g/mol. The molecule has 1 amide bonds. The van der Waals surface area contributed by atoms with E-state index in [0.29, 0.717) is 12.5 Å². The highest BCUT2D eigenvalue weighted by atomic mass is 16.6. The van der Waals surface area contributed by atoms with Crippen LogP contribution in [-0.4, -0.2) is 47.5 Å². The molecule has 1 aliphatic rings. The molecule has 0 radical (unpaired) electrons. The van der Waals surface area contributed by atoms with E-state index >= 15 is 0 Å². The fourth-order valence-electron chi connectivity index (χ4n) is 2.99. The number of rotatable bonds is 4. The summed E-state index contributed by atoms with van der Waals surface area (Å²) >= 11 is 0. The number of aromatic nitrogens is 2. The first-order valence-corrected chi connectivity index (χ1v) is 9.43. The number of nitrogens with one attached hydrogen (secondary N) is 1. The Morgan fingerprint density at radius 3 is 2.82 bits per heavy atom. The molecule has 7 heteroatoms. The number of alkyl carbamates (subject to hydrolysis) is 1. The van der Waals surface area contributed by atoms with Crippen molar-refractivity contribution in [1.29, 1.82) is 0 Å². The molecule has 1 fully saturated rings. The van der Waals surface area contributed by atoms with Crippen LogP contribution in [0.5, 0.6) is 5.88 Å². The molecule has 0 spiro atoms. The number of methoxy groups -OCH3 is 1. The van der Waals surface area contributed by atoms with Gasteiger partial charge in [0.2, 0.25) is 5.88 Å². The smallest absolute Gasteiger partial charge is 0.407 e. The Morgan fingerprint density at radius 2 is 2.14 bits per heavy atom. The van der Waals surface area contributed by atoms with Gasteiger partial charge in [0, 0.05) is 5.56 Å². The lowest BCUT2D eigenvalue weighted by molar-refractivity contribution is 0.0136. The van der Waals surface area contributed by atoms with Crippen LogP contribution >= 0.6 is 0 Å². The molecule has 0 unspecified atom stereocenters. The molecule has 1 aliphatic heterocycles. The highest BCUT2D eigenvalue weighted by Gasteiger charge is 2.24. The van der Waals surface area contributed by atoms with E-state index in [1.54, 1.807) is 13.3 Å². The first-order valence-electron chi connectivity index (χ1n) is 9.43. The third-order valence-electron chi connectivity index (χ3n) is 4.31. The summed E-state index contributed by atoms with van der Waals surface area (Å²) in [5.41, 5.74) is 2.06. The summed E-state index contributed by atoms with van der Waals surface area (Å²) in [6, 6.07) is 5.82. The molecule has 0 aliphatic carbocycles. The third kappa shape index (κ3) is 5.42. The monoisotopic (exact) mass is 385 g/mol. The van der Waals surface area contributed by atoms with Gasteiger partial charge < -0.3 is 19.5 Å². The van der Waals surface area contributed by atoms with Crippen molar-refractivity contribution in [1.82, 2.24) is 15.3 Å². The van der Waals surface area contributed by atoms with Crippen molar-refractivity contribution >= 4 is 23.2 Å². The van der Waals surface area contributed by atoms with Gasteiger partial charge in [-0.25, -0.2) is 14.8 Å². The molecular formula is C21H27N3O4. The fraction of sp³-hybridized carbons (Fsp3) is 0.476. The van der Waals surface area contributed by atoms with Crippen LogP contribution in [0.25, 0.3) is 17.1 Å². The first kappa shape index (κ1) is 20.1. The molecule has 2 aromatic rings. The van der Waals surface area contributed by atoms with Gasteiger partial charge in [-0.3, -0.25) is 0 Å². The minimum absolute atomic E-state index is 0.00879. The number of hydrogen-bond acceptors (Lipinski definition) is 6. The van der Waals surface area contributed by atoms with Gasteiger partial charge in [0.15, 0.2) is 0 Å². The van der Waals surface area contributed by atoms with Crippen LogP contribution in [0.15, 0.2) is 30.5 Å². The van der Waals surface area contributed by atoms with E-state index in [4.69, 9.17) is 14.2 Å². The number of carbonyl (C=O) groups excluding carboxylic acids is 1. The lowest BCUT2D eigenvalue weighted by Gasteiger charge is -2.29. The number of para-hydroxylation sites is 1. The van der Waals surface area contributed by atoms with Crippen molar-refractivity contribution in [2.45, 2.75) is 51.4 Å². The zero-order valence-corrected chi connectivity index (χ0v) is 16.8. The topological polar surface area (TPSA) is 82.6 Å². The zero-order chi connectivity index (χ0) is 20.1. The summed E-state index contributed by atoms with van der Waals surface area (Å²) in [6.45, 7) is 5.99. The summed E-state index contributed by atoms with van der Waals surface area (Å²) in [5, 5.41) is 2.86. The maximum Gasteiger partial charge on any atom is 0.407 e. The van der Waals surface area contributed by atoms with E-state index in [2.05, 4.69) is 15.3 Å². The van der Waals surface area contributed by atoms with Gasteiger partial charge in [0.25, 0.3) is 0 Å². The Morgan fingerprint density at radius 1 is 1.32 bits per heavy atom. The highest BCUT2D eigenvalue weighted by Crippen LogP contribution is 2.21. The quantitative estimate of drug-likeness (QED) is 0.864. The van der Waals surface area contributed by atoms with Crippen LogP contribution in [0.2, 0.25) is 0 Å². The van der Waals surface area contributed by atoms with Crippen molar-refractivity contribution in [3.63, 3.8) is 0 Å². The van der Waals surface area contributed by atoms with Crippen molar-refractivity contribution < 1.29 is 19.0 Å². The van der Waals surface area contributed by atoms with Crippen LogP contribution in [-0.2, 0) is 9.47 Å². The average molecular weight is 385 g/mol. The van der Waals surface area contributed by atoms with Gasteiger partial charge >= 0.3 is 6.09 Å². The number of amides is 1. The van der Waals surface area contributed by atoms with E-state index < -0.39 is 11.7 Å². The van der Waals surface area contributed by atoms with Gasteiger partial charge in [-0.05, 0) is 39.7 Å². The van der Waals surface area contributed by atoms with Gasteiger partial charge in [-0.1, -0.05) is 24.3 Å². The summed E-state index contributed by atoms with van der Waals surface area (Å²) in [7, 11) is 1.58. The molecule has 1 saturated heterocycles. The van der Waals surface area contributed by atoms with Gasteiger partial charge in [0.05, 0.1) is 43.1 Å². The summed E-state index contributed by atoms with van der Waals surface area (Å²) in [5.74, 6) is 0.485. The average Bonchev–Trinajstić information content (AvgIpc) is 2.65. The Labute approximate surface area is 165 Å². The van der Waals surface area contributed by atoms with E-state index in [1.165, 1.54) is 0 Å². The molecule has 2 heterocycles. The minimum atomic E-state index is -0.505. The van der Waals surface area contributed by atoms with Crippen LogP contribution in [0, 0.1) is 0 Å². The molecule has 0 bridgehead atoms. The molecule has 7 nitrogen and oxygen atoms in total. The first-order chi connectivity index (χ1) is 13.3. The Bertz CT molecular complexity index is 852. The lowest BCUT2D eigenvalue weighted by atomic mass is 10.0. The number of carbonyl (C=O) groups is 1. The predicted octanol–water partition coefficient (Wildman–Crippen LogP) is 3.72. The van der Waals surface area contributed by atoms with Crippen molar-refractivity contribution in [3.05, 3.63) is 36.0 Å². The van der Waals surface area contributed by atoms with Crippen LogP contribution < -0.4 is 10.1 Å². The second kappa shape index (κ2) is 8.56. The maximum atomic E-state index is 11.9. The molecule has 1 N–H and O–H groups in total. The van der Waals surface area contributed by atoms with Crippen LogP contribution in [0.3, 0.4) is 0 Å². The zero-order valence-electron chi connectivity index (χ0n) is 16.8. The number of nitrogens with zero attached hydrogens (tertiary/aromatic N) is 2. The number of hydrogen-bond donors (Lipinski definition) is 1. The molecule has 1 aromatic heterocycles. The Hall–Kier alpha value is -2.67. The molecule has 1 aromatic carbocycles. The highest BCUT2D eigenvalue weighted by molar-refractivity contribution is 5.84. The lowest BCUT2D eigenvalue weighted by Crippen LogP contribution is -2.44. The number of benzene rings is 1. The van der Waals surface area contributed by atoms with E-state index in [-0.39, 0.29) is 12.1 Å². The summed E-state index contributed by atoms with van der Waals surface area (Å²) < 4.78 is 16.4. The SMILES string of the molecule is COc1cnc2cccc(C=C[C@H]3CC[C@H](NC(=O)OC(C)(C)C)CO3)c2n1. The van der Waals surface area contributed by atoms with Gasteiger partial charge in [-0.15, -0.1) is 0 Å². The fourth-order valence-corrected chi connectivity index (χ4v) is 2.99. The molecule has 2 atom stereocenters. The van der Waals surface area contributed by atoms with E-state index in [0.717, 1.165) is 29.4 Å². The van der Waals surface area contributed by atoms with E-state index in [9.17, 15) is 4.79 Å². The van der Waals surface area contributed by atoms with Crippen molar-refractivity contribution in [3.8, 4) is 5.88 Å². The predicted molar refractivity (Wildman–Crippen MR) is 107 cm³/mol. The molecule has 0 saturated carbocycles. The normalized spacial score (nSPS) is 20.3. The maximum absolute atomic E-state index is 11.9. The Balaban J connectivity index is 1.58. The summed E-state index contributed by atoms with van der Waals surface area (Å²) in [6.07, 6.45) is 6.87. The molecule has 150 valence electrons. The minimum Gasteiger partial charge on any atom is -0.480 e. The van der Waals surface area contributed by atoms with Crippen molar-refractivity contribution in [2.75, 3.05) is 13.7 Å². The third-order valence-corrected chi connectivity index (χ3v) is 4.31. The van der Waals surface area contributed by atoms with Crippen LogP contribution in [0.1, 0.15) is 39.2 Å². The van der Waals surface area contributed by atoms with Crippen molar-refractivity contribution in [2.24, 2.45) is 0 Å². The number of fused-ring (bicyclic) bond motifs is 1. The second-order valence-electron chi connectivity index (χ2n) is 7.78. The van der Waals surface area contributed by atoms with Crippen LogP contribution in [0.4, 0.5) is 4.79 Å². The largest absolute Gasteiger partial charge is 0.480 e. The summed E-state index contributed by atoms with van der Waals surface area (Å²) in [4.78, 5) is 20.7.